The third-order valence-corrected chi connectivity index (χ3v) is 2.38. The van der Waals surface area contributed by atoms with Crippen molar-refractivity contribution in [3.8, 4) is 11.8 Å². The zero-order chi connectivity index (χ0) is 11.4. The number of rotatable bonds is 0. The zero-order valence-corrected chi connectivity index (χ0v) is 9.57. The maximum absolute atomic E-state index is 3.15. The fourth-order valence-corrected chi connectivity index (χ4v) is 1.37. The highest BCUT2D eigenvalue weighted by molar-refractivity contribution is 5.42. The molecule has 0 spiro atoms. The SMILES string of the molecule is Cc1ccc(C#Cc2cc[n+](C)cc2)cc1. The highest BCUT2D eigenvalue weighted by Crippen LogP contribution is 2.01. The minimum atomic E-state index is 1.04. The first-order valence-electron chi connectivity index (χ1n) is 5.28. The molecule has 0 amide bonds. The van der Waals surface area contributed by atoms with Crippen molar-refractivity contribution in [2.75, 3.05) is 0 Å². The largest absolute Gasteiger partial charge is 0.208 e. The molecule has 2 aromatic rings. The molecule has 0 saturated heterocycles. The molecule has 0 aliphatic carbocycles. The summed E-state index contributed by atoms with van der Waals surface area (Å²) in [5, 5.41) is 0. The minimum absolute atomic E-state index is 1.04. The van der Waals surface area contributed by atoms with Gasteiger partial charge >= 0.3 is 0 Å². The molecular weight excluding hydrogens is 194 g/mol. The van der Waals surface area contributed by atoms with Crippen molar-refractivity contribution in [1.29, 1.82) is 0 Å². The molecule has 0 radical (unpaired) electrons. The highest BCUT2D eigenvalue weighted by Gasteiger charge is 1.91. The second-order valence-corrected chi connectivity index (χ2v) is 3.87. The van der Waals surface area contributed by atoms with Gasteiger partial charge in [0.25, 0.3) is 0 Å². The fraction of sp³-hybridized carbons (Fsp3) is 0.133. The Kier molecular flexibility index (Phi) is 3.03. The lowest BCUT2D eigenvalue weighted by molar-refractivity contribution is -0.671. The third kappa shape index (κ3) is 2.71. The monoisotopic (exact) mass is 208 g/mol. The summed E-state index contributed by atoms with van der Waals surface area (Å²) < 4.78 is 2.00. The quantitative estimate of drug-likeness (QED) is 0.461. The first-order valence-corrected chi connectivity index (χ1v) is 5.28. The van der Waals surface area contributed by atoms with Crippen molar-refractivity contribution in [3.63, 3.8) is 0 Å². The Morgan fingerprint density at radius 1 is 0.812 bits per heavy atom. The van der Waals surface area contributed by atoms with Crippen LogP contribution in [0.25, 0.3) is 0 Å². The second kappa shape index (κ2) is 4.63. The fourth-order valence-electron chi connectivity index (χ4n) is 1.37. The van der Waals surface area contributed by atoms with Gasteiger partial charge in [-0.1, -0.05) is 29.5 Å². The van der Waals surface area contributed by atoms with Crippen LogP contribution in [0.4, 0.5) is 0 Å². The standard InChI is InChI=1S/C15H14N/c1-13-3-5-14(6-4-13)7-8-15-9-11-16(2)12-10-15/h3-6,9-12H,1-2H3/q+1. The predicted molar refractivity (Wildman–Crippen MR) is 64.8 cm³/mol. The smallest absolute Gasteiger partial charge is 0.169 e. The lowest BCUT2D eigenvalue weighted by Gasteiger charge is -1.91. The molecule has 16 heavy (non-hydrogen) atoms. The van der Waals surface area contributed by atoms with Gasteiger partial charge in [-0.25, -0.2) is 4.57 Å². The van der Waals surface area contributed by atoms with Gasteiger partial charge in [0.1, 0.15) is 7.05 Å². The van der Waals surface area contributed by atoms with Crippen LogP contribution in [-0.2, 0) is 7.05 Å². The molecule has 2 rings (SSSR count). The summed E-state index contributed by atoms with van der Waals surface area (Å²) in [6.45, 7) is 2.08. The van der Waals surface area contributed by atoms with Crippen LogP contribution in [-0.4, -0.2) is 0 Å². The van der Waals surface area contributed by atoms with Crippen molar-refractivity contribution in [3.05, 3.63) is 65.5 Å². The Hall–Kier alpha value is -2.07. The first kappa shape index (κ1) is 10.4. The van der Waals surface area contributed by atoms with E-state index in [2.05, 4.69) is 30.9 Å². The van der Waals surface area contributed by atoms with E-state index in [0.717, 1.165) is 11.1 Å². The number of hydrogen-bond acceptors (Lipinski definition) is 0. The van der Waals surface area contributed by atoms with Crippen molar-refractivity contribution in [2.24, 2.45) is 7.05 Å². The van der Waals surface area contributed by atoms with E-state index in [4.69, 9.17) is 0 Å². The molecule has 0 fully saturated rings. The van der Waals surface area contributed by atoms with Crippen molar-refractivity contribution < 1.29 is 4.57 Å². The normalized spacial score (nSPS) is 9.38. The molecule has 0 saturated carbocycles. The summed E-state index contributed by atoms with van der Waals surface area (Å²) in [7, 11) is 2.00. The number of aryl methyl sites for hydroxylation is 2. The summed E-state index contributed by atoms with van der Waals surface area (Å²) in [5.41, 5.74) is 3.36. The van der Waals surface area contributed by atoms with Gasteiger partial charge in [-0.05, 0) is 19.1 Å². The topological polar surface area (TPSA) is 3.88 Å². The number of benzene rings is 1. The van der Waals surface area contributed by atoms with Crippen LogP contribution in [0.15, 0.2) is 48.8 Å². The molecule has 1 aromatic heterocycles. The highest BCUT2D eigenvalue weighted by atomic mass is 14.9. The molecule has 78 valence electrons. The van der Waals surface area contributed by atoms with Gasteiger partial charge in [0.2, 0.25) is 0 Å². The molecule has 0 atom stereocenters. The molecule has 0 N–H and O–H groups in total. The minimum Gasteiger partial charge on any atom is -0.208 e. The Bertz CT molecular complexity index is 475. The molecule has 0 bridgehead atoms. The Labute approximate surface area is 96.4 Å². The maximum Gasteiger partial charge on any atom is 0.169 e. The zero-order valence-electron chi connectivity index (χ0n) is 9.57. The van der Waals surface area contributed by atoms with Crippen LogP contribution in [0.2, 0.25) is 0 Å². The van der Waals surface area contributed by atoms with E-state index in [1.807, 2.05) is 48.3 Å². The average molecular weight is 208 g/mol. The molecule has 1 heterocycles. The molecule has 0 aliphatic heterocycles. The van der Waals surface area contributed by atoms with Crippen LogP contribution in [0, 0.1) is 18.8 Å². The lowest BCUT2D eigenvalue weighted by atomic mass is 10.1. The van der Waals surface area contributed by atoms with Gasteiger partial charge in [-0.3, -0.25) is 0 Å². The second-order valence-electron chi connectivity index (χ2n) is 3.87. The van der Waals surface area contributed by atoms with E-state index in [-0.39, 0.29) is 0 Å². The van der Waals surface area contributed by atoms with Gasteiger partial charge in [0.05, 0.1) is 0 Å². The van der Waals surface area contributed by atoms with Gasteiger partial charge in [-0.15, -0.1) is 0 Å². The van der Waals surface area contributed by atoms with Crippen LogP contribution in [0.3, 0.4) is 0 Å². The number of aromatic nitrogens is 1. The predicted octanol–water partition coefficient (Wildman–Crippen LogP) is 2.22. The molecule has 1 aromatic carbocycles. The van der Waals surface area contributed by atoms with Crippen LogP contribution >= 0.6 is 0 Å². The Balaban J connectivity index is 2.21. The number of pyridine rings is 1. The van der Waals surface area contributed by atoms with Gasteiger partial charge < -0.3 is 0 Å². The Morgan fingerprint density at radius 3 is 1.88 bits per heavy atom. The number of hydrogen-bond donors (Lipinski definition) is 0. The van der Waals surface area contributed by atoms with Crippen molar-refractivity contribution in [2.45, 2.75) is 6.92 Å². The van der Waals surface area contributed by atoms with Crippen molar-refractivity contribution >= 4 is 0 Å². The molecule has 0 aliphatic rings. The third-order valence-electron chi connectivity index (χ3n) is 2.38. The summed E-state index contributed by atoms with van der Waals surface area (Å²) >= 11 is 0. The number of nitrogens with zero attached hydrogens (tertiary/aromatic N) is 1. The van der Waals surface area contributed by atoms with E-state index in [9.17, 15) is 0 Å². The van der Waals surface area contributed by atoms with E-state index < -0.39 is 0 Å². The summed E-state index contributed by atoms with van der Waals surface area (Å²) in [5.74, 6) is 6.29. The summed E-state index contributed by atoms with van der Waals surface area (Å²) in [6, 6.07) is 12.3. The van der Waals surface area contributed by atoms with E-state index >= 15 is 0 Å². The summed E-state index contributed by atoms with van der Waals surface area (Å²) in [6.07, 6.45) is 4.00. The van der Waals surface area contributed by atoms with E-state index in [0.29, 0.717) is 0 Å². The van der Waals surface area contributed by atoms with Crippen LogP contribution < -0.4 is 4.57 Å². The van der Waals surface area contributed by atoms with E-state index in [1.165, 1.54) is 5.56 Å². The lowest BCUT2D eigenvalue weighted by Crippen LogP contribution is -2.25. The molecule has 1 nitrogen and oxygen atoms in total. The first-order chi connectivity index (χ1) is 7.74. The van der Waals surface area contributed by atoms with Crippen LogP contribution in [0.5, 0.6) is 0 Å². The molecular formula is C15H14N+. The van der Waals surface area contributed by atoms with Gasteiger partial charge in [0, 0.05) is 23.3 Å². The summed E-state index contributed by atoms with van der Waals surface area (Å²) in [4.78, 5) is 0. The van der Waals surface area contributed by atoms with Crippen molar-refractivity contribution in [1.82, 2.24) is 0 Å². The van der Waals surface area contributed by atoms with E-state index in [1.54, 1.807) is 0 Å². The Morgan fingerprint density at radius 2 is 1.31 bits per heavy atom. The molecule has 1 heteroatoms. The molecule has 0 unspecified atom stereocenters. The van der Waals surface area contributed by atoms with Gasteiger partial charge in [-0.2, -0.15) is 0 Å². The van der Waals surface area contributed by atoms with Crippen LogP contribution in [0.1, 0.15) is 16.7 Å². The van der Waals surface area contributed by atoms with Gasteiger partial charge in [0.15, 0.2) is 12.4 Å². The maximum atomic E-state index is 3.15. The average Bonchev–Trinajstić information content (AvgIpc) is 2.30.